The van der Waals surface area contributed by atoms with E-state index in [4.69, 9.17) is 0 Å². The van der Waals surface area contributed by atoms with Crippen molar-refractivity contribution in [1.82, 2.24) is 25.0 Å². The van der Waals surface area contributed by atoms with Crippen molar-refractivity contribution in [2.24, 2.45) is 5.92 Å². The first-order valence-corrected chi connectivity index (χ1v) is 7.51. The average molecular weight is 279 g/mol. The highest BCUT2D eigenvalue weighted by Gasteiger charge is 2.26. The SMILES string of the molecule is CC(C)N1CCCC(C(=O)NCCCn2cnnc2)C1. The Kier molecular flexibility index (Phi) is 5.52. The topological polar surface area (TPSA) is 63.1 Å². The number of nitrogens with zero attached hydrogens (tertiary/aromatic N) is 4. The Morgan fingerprint density at radius 3 is 2.85 bits per heavy atom. The number of hydrogen-bond donors (Lipinski definition) is 1. The fourth-order valence-electron chi connectivity index (χ4n) is 2.64. The van der Waals surface area contributed by atoms with Gasteiger partial charge in [0.05, 0.1) is 5.92 Å². The van der Waals surface area contributed by atoms with Crippen molar-refractivity contribution in [2.45, 2.75) is 45.7 Å². The molecule has 112 valence electrons. The lowest BCUT2D eigenvalue weighted by atomic mass is 9.96. The summed E-state index contributed by atoms with van der Waals surface area (Å²) in [5, 5.41) is 10.6. The summed E-state index contributed by atoms with van der Waals surface area (Å²) in [4.78, 5) is 14.6. The van der Waals surface area contributed by atoms with Crippen molar-refractivity contribution < 1.29 is 4.79 Å². The van der Waals surface area contributed by atoms with Gasteiger partial charge in [-0.3, -0.25) is 4.79 Å². The largest absolute Gasteiger partial charge is 0.356 e. The predicted octanol–water partition coefficient (Wildman–Crippen LogP) is 0.905. The summed E-state index contributed by atoms with van der Waals surface area (Å²) in [6, 6.07) is 0.527. The molecule has 20 heavy (non-hydrogen) atoms. The molecule has 1 N–H and O–H groups in total. The molecule has 2 heterocycles. The molecule has 1 amide bonds. The quantitative estimate of drug-likeness (QED) is 0.786. The highest BCUT2D eigenvalue weighted by atomic mass is 16.1. The lowest BCUT2D eigenvalue weighted by molar-refractivity contribution is -0.126. The van der Waals surface area contributed by atoms with Gasteiger partial charge < -0.3 is 14.8 Å². The number of carbonyl (C=O) groups is 1. The molecule has 0 radical (unpaired) electrons. The first-order chi connectivity index (χ1) is 9.66. The van der Waals surface area contributed by atoms with Crippen molar-refractivity contribution in [3.05, 3.63) is 12.7 Å². The van der Waals surface area contributed by atoms with Gasteiger partial charge in [0, 0.05) is 25.7 Å². The first kappa shape index (κ1) is 15.0. The second-order valence-corrected chi connectivity index (χ2v) is 5.77. The molecule has 2 rings (SSSR count). The van der Waals surface area contributed by atoms with Crippen LogP contribution >= 0.6 is 0 Å². The summed E-state index contributed by atoms with van der Waals surface area (Å²) >= 11 is 0. The minimum absolute atomic E-state index is 0.154. The monoisotopic (exact) mass is 279 g/mol. The Morgan fingerprint density at radius 1 is 1.40 bits per heavy atom. The molecule has 1 fully saturated rings. The molecule has 1 aliphatic rings. The Labute approximate surface area is 120 Å². The maximum absolute atomic E-state index is 12.2. The zero-order chi connectivity index (χ0) is 14.4. The number of aromatic nitrogens is 3. The summed E-state index contributed by atoms with van der Waals surface area (Å²) in [6.07, 6.45) is 6.44. The smallest absolute Gasteiger partial charge is 0.224 e. The molecule has 0 bridgehead atoms. The fourth-order valence-corrected chi connectivity index (χ4v) is 2.64. The Hall–Kier alpha value is -1.43. The summed E-state index contributed by atoms with van der Waals surface area (Å²) < 4.78 is 1.92. The highest BCUT2D eigenvalue weighted by Crippen LogP contribution is 2.18. The number of likely N-dealkylation sites (tertiary alicyclic amines) is 1. The molecule has 1 aromatic heterocycles. The van der Waals surface area contributed by atoms with E-state index in [1.54, 1.807) is 12.7 Å². The number of hydrogen-bond acceptors (Lipinski definition) is 4. The van der Waals surface area contributed by atoms with Crippen molar-refractivity contribution in [3.63, 3.8) is 0 Å². The molecule has 1 aromatic rings. The third-order valence-electron chi connectivity index (χ3n) is 3.91. The molecule has 0 aromatic carbocycles. The van der Waals surface area contributed by atoms with Crippen molar-refractivity contribution in [1.29, 1.82) is 0 Å². The van der Waals surface area contributed by atoms with Gasteiger partial charge in [-0.1, -0.05) is 0 Å². The molecule has 1 atom stereocenters. The third kappa shape index (κ3) is 4.30. The number of piperidine rings is 1. The number of nitrogens with one attached hydrogen (secondary N) is 1. The average Bonchev–Trinajstić information content (AvgIpc) is 2.96. The minimum Gasteiger partial charge on any atom is -0.356 e. The second kappa shape index (κ2) is 7.38. The van der Waals surface area contributed by atoms with Crippen LogP contribution in [0.1, 0.15) is 33.1 Å². The van der Waals surface area contributed by atoms with E-state index in [0.29, 0.717) is 6.04 Å². The van der Waals surface area contributed by atoms with E-state index in [1.807, 2.05) is 4.57 Å². The Morgan fingerprint density at radius 2 is 2.15 bits per heavy atom. The summed E-state index contributed by atoms with van der Waals surface area (Å²) in [5.41, 5.74) is 0. The van der Waals surface area contributed by atoms with Crippen LogP contribution in [0.15, 0.2) is 12.7 Å². The van der Waals surface area contributed by atoms with Gasteiger partial charge in [0.1, 0.15) is 12.7 Å². The van der Waals surface area contributed by atoms with E-state index in [2.05, 4.69) is 34.3 Å². The zero-order valence-corrected chi connectivity index (χ0v) is 12.5. The minimum atomic E-state index is 0.154. The van der Waals surface area contributed by atoms with Crippen LogP contribution in [0.4, 0.5) is 0 Å². The Balaban J connectivity index is 1.66. The highest BCUT2D eigenvalue weighted by molar-refractivity contribution is 5.78. The van der Waals surface area contributed by atoms with Gasteiger partial charge in [-0.25, -0.2) is 0 Å². The van der Waals surface area contributed by atoms with Gasteiger partial charge in [0.2, 0.25) is 5.91 Å². The van der Waals surface area contributed by atoms with E-state index in [0.717, 1.165) is 45.4 Å². The lowest BCUT2D eigenvalue weighted by Gasteiger charge is -2.34. The van der Waals surface area contributed by atoms with Gasteiger partial charge in [-0.15, -0.1) is 10.2 Å². The standard InChI is InChI=1S/C14H25N5O/c1-12(2)19-8-3-5-13(9-19)14(20)15-6-4-7-18-10-16-17-11-18/h10-13H,3-9H2,1-2H3,(H,15,20). The molecule has 0 saturated carbocycles. The number of aryl methyl sites for hydroxylation is 1. The summed E-state index contributed by atoms with van der Waals surface area (Å²) in [7, 11) is 0. The first-order valence-electron chi connectivity index (χ1n) is 7.51. The van der Waals surface area contributed by atoms with Crippen LogP contribution in [-0.4, -0.2) is 51.2 Å². The van der Waals surface area contributed by atoms with E-state index in [-0.39, 0.29) is 11.8 Å². The van der Waals surface area contributed by atoms with Crippen LogP contribution in [0, 0.1) is 5.92 Å². The number of amides is 1. The molecule has 0 spiro atoms. The van der Waals surface area contributed by atoms with Gasteiger partial charge in [-0.05, 0) is 39.7 Å². The van der Waals surface area contributed by atoms with E-state index < -0.39 is 0 Å². The molecular weight excluding hydrogens is 254 g/mol. The Bertz CT molecular complexity index is 404. The molecule has 6 nitrogen and oxygen atoms in total. The van der Waals surface area contributed by atoms with Gasteiger partial charge in [0.25, 0.3) is 0 Å². The molecule has 1 unspecified atom stereocenters. The molecular formula is C14H25N5O. The number of carbonyl (C=O) groups excluding carboxylic acids is 1. The van der Waals surface area contributed by atoms with E-state index in [1.165, 1.54) is 0 Å². The molecule has 1 aliphatic heterocycles. The summed E-state index contributed by atoms with van der Waals surface area (Å²) in [6.45, 7) is 7.97. The molecule has 6 heteroatoms. The van der Waals surface area contributed by atoms with Crippen molar-refractivity contribution in [3.8, 4) is 0 Å². The van der Waals surface area contributed by atoms with Crippen LogP contribution < -0.4 is 5.32 Å². The zero-order valence-electron chi connectivity index (χ0n) is 12.5. The second-order valence-electron chi connectivity index (χ2n) is 5.77. The van der Waals surface area contributed by atoms with Crippen LogP contribution in [0.5, 0.6) is 0 Å². The van der Waals surface area contributed by atoms with Gasteiger partial charge in [-0.2, -0.15) is 0 Å². The molecule has 1 saturated heterocycles. The molecule has 0 aliphatic carbocycles. The van der Waals surface area contributed by atoms with Crippen LogP contribution in [0.25, 0.3) is 0 Å². The number of rotatable bonds is 6. The maximum atomic E-state index is 12.2. The fraction of sp³-hybridized carbons (Fsp3) is 0.786. The van der Waals surface area contributed by atoms with Gasteiger partial charge in [0.15, 0.2) is 0 Å². The lowest BCUT2D eigenvalue weighted by Crippen LogP contribution is -2.45. The van der Waals surface area contributed by atoms with E-state index in [9.17, 15) is 4.79 Å². The van der Waals surface area contributed by atoms with Crippen molar-refractivity contribution >= 4 is 5.91 Å². The van der Waals surface area contributed by atoms with Gasteiger partial charge >= 0.3 is 0 Å². The maximum Gasteiger partial charge on any atom is 0.224 e. The normalized spacial score (nSPS) is 20.2. The van der Waals surface area contributed by atoms with Crippen LogP contribution in [-0.2, 0) is 11.3 Å². The predicted molar refractivity (Wildman–Crippen MR) is 77.1 cm³/mol. The van der Waals surface area contributed by atoms with Crippen molar-refractivity contribution in [2.75, 3.05) is 19.6 Å². The van der Waals surface area contributed by atoms with Crippen LogP contribution in [0.2, 0.25) is 0 Å². The third-order valence-corrected chi connectivity index (χ3v) is 3.91. The summed E-state index contributed by atoms with van der Waals surface area (Å²) in [5.74, 6) is 0.361. The van der Waals surface area contributed by atoms with E-state index >= 15 is 0 Å². The van der Waals surface area contributed by atoms with Crippen LogP contribution in [0.3, 0.4) is 0 Å².